The second-order valence-corrected chi connectivity index (χ2v) is 7.98. The summed E-state index contributed by atoms with van der Waals surface area (Å²) < 4.78 is 0.662. The molecule has 0 saturated heterocycles. The van der Waals surface area contributed by atoms with E-state index in [2.05, 4.69) is 15.3 Å². The first-order valence-corrected chi connectivity index (χ1v) is 10.8. The number of nitrogens with one attached hydrogen (secondary N) is 1. The maximum Gasteiger partial charge on any atom is 0.307 e. The number of carbonyl (C=O) groups is 3. The molecule has 2 aromatic carbocycles. The molecule has 0 spiro atoms. The van der Waals surface area contributed by atoms with Gasteiger partial charge in [0, 0.05) is 42.6 Å². The summed E-state index contributed by atoms with van der Waals surface area (Å²) in [5, 5.41) is 33.7. The lowest BCUT2D eigenvalue weighted by Gasteiger charge is -2.05. The third kappa shape index (κ3) is 5.48. The Bertz CT molecular complexity index is 1570. The smallest absolute Gasteiger partial charge is 0.307 e. The Hall–Kier alpha value is -5.39. The van der Waals surface area contributed by atoms with Gasteiger partial charge < -0.3 is 15.6 Å². The number of nitro groups is 1. The molecule has 2 heterocycles. The van der Waals surface area contributed by atoms with Crippen molar-refractivity contribution in [3.8, 4) is 11.4 Å². The van der Waals surface area contributed by atoms with E-state index >= 15 is 0 Å². The van der Waals surface area contributed by atoms with Crippen LogP contribution in [0.5, 0.6) is 0 Å². The van der Waals surface area contributed by atoms with Crippen LogP contribution >= 0.6 is 0 Å². The SMILES string of the molecule is CC(=O)c1ccc(/C=C/C(=O)Nc2ccc(-c3nc4c(CC(=O)O)cc([N+](=O)[O-])cc4n3O)cc2)cn1. The normalized spacial score (nSPS) is 11.1. The molecule has 0 aliphatic carbocycles. The zero-order chi connectivity index (χ0) is 26.7. The molecule has 0 bridgehead atoms. The Morgan fingerprint density at radius 1 is 1.14 bits per heavy atom. The number of imidazole rings is 1. The number of carboxylic acids is 1. The second kappa shape index (κ2) is 10.1. The highest BCUT2D eigenvalue weighted by molar-refractivity contribution is 6.02. The third-order valence-corrected chi connectivity index (χ3v) is 5.34. The van der Waals surface area contributed by atoms with Gasteiger partial charge in [-0.2, -0.15) is 4.73 Å². The number of nitrogens with zero attached hydrogens (tertiary/aromatic N) is 4. The zero-order valence-electron chi connectivity index (χ0n) is 19.3. The lowest BCUT2D eigenvalue weighted by atomic mass is 10.1. The van der Waals surface area contributed by atoms with E-state index in [1.165, 1.54) is 19.2 Å². The molecule has 0 radical (unpaired) electrons. The summed E-state index contributed by atoms with van der Waals surface area (Å²) in [5.41, 5.74) is 1.68. The first-order chi connectivity index (χ1) is 17.6. The Morgan fingerprint density at radius 3 is 2.46 bits per heavy atom. The number of aromatic nitrogens is 3. The van der Waals surface area contributed by atoms with Gasteiger partial charge in [-0.3, -0.25) is 29.5 Å². The topological polar surface area (TPSA) is 178 Å². The molecule has 12 heteroatoms. The number of hydrogen-bond donors (Lipinski definition) is 3. The minimum Gasteiger partial charge on any atom is -0.481 e. The molecule has 0 aliphatic rings. The van der Waals surface area contributed by atoms with Crippen LogP contribution in [0.1, 0.15) is 28.5 Å². The summed E-state index contributed by atoms with van der Waals surface area (Å²) >= 11 is 0. The van der Waals surface area contributed by atoms with E-state index in [0.29, 0.717) is 27.2 Å². The van der Waals surface area contributed by atoms with Crippen molar-refractivity contribution in [2.24, 2.45) is 0 Å². The van der Waals surface area contributed by atoms with Crippen molar-refractivity contribution in [3.63, 3.8) is 0 Å². The molecular weight excluding hydrogens is 482 g/mol. The van der Waals surface area contributed by atoms with Gasteiger partial charge in [-0.05, 0) is 47.5 Å². The molecule has 4 aromatic rings. The molecule has 3 N–H and O–H groups in total. The molecule has 0 fully saturated rings. The van der Waals surface area contributed by atoms with E-state index in [-0.39, 0.29) is 33.9 Å². The van der Waals surface area contributed by atoms with Crippen LogP contribution in [0.15, 0.2) is 60.8 Å². The number of ketones is 1. The van der Waals surface area contributed by atoms with Crippen LogP contribution in [0.2, 0.25) is 0 Å². The van der Waals surface area contributed by atoms with Crippen LogP contribution < -0.4 is 5.32 Å². The van der Waals surface area contributed by atoms with Crippen molar-refractivity contribution in [1.29, 1.82) is 0 Å². The van der Waals surface area contributed by atoms with Crippen LogP contribution in [0.4, 0.5) is 11.4 Å². The van der Waals surface area contributed by atoms with Gasteiger partial charge >= 0.3 is 5.97 Å². The van der Waals surface area contributed by atoms with Crippen LogP contribution in [0, 0.1) is 10.1 Å². The number of carboxylic acid groups (broad SMARTS) is 1. The first-order valence-electron chi connectivity index (χ1n) is 10.8. The maximum absolute atomic E-state index is 12.3. The number of anilines is 1. The quantitative estimate of drug-likeness (QED) is 0.107. The molecule has 2 aromatic heterocycles. The molecule has 0 atom stereocenters. The van der Waals surface area contributed by atoms with Gasteiger partial charge in [-0.25, -0.2) is 4.98 Å². The Balaban J connectivity index is 1.54. The van der Waals surface area contributed by atoms with E-state index in [4.69, 9.17) is 5.11 Å². The molecule has 186 valence electrons. The average Bonchev–Trinajstić information content (AvgIpc) is 3.20. The molecule has 37 heavy (non-hydrogen) atoms. The number of hydrogen-bond acceptors (Lipinski definition) is 8. The number of aliphatic carboxylic acids is 1. The Labute approximate surface area is 208 Å². The predicted octanol–water partition coefficient (Wildman–Crippen LogP) is 3.73. The van der Waals surface area contributed by atoms with Gasteiger partial charge in [0.15, 0.2) is 11.6 Å². The molecule has 0 aliphatic heterocycles. The fourth-order valence-electron chi connectivity index (χ4n) is 3.58. The van der Waals surface area contributed by atoms with Crippen molar-refractivity contribution in [2.75, 3.05) is 5.32 Å². The first kappa shape index (κ1) is 24.7. The van der Waals surface area contributed by atoms with Crippen LogP contribution in [0.25, 0.3) is 28.5 Å². The highest BCUT2D eigenvalue weighted by Crippen LogP contribution is 2.30. The molecule has 0 unspecified atom stereocenters. The average molecular weight is 501 g/mol. The van der Waals surface area contributed by atoms with E-state index in [1.54, 1.807) is 42.5 Å². The fraction of sp³-hybridized carbons (Fsp3) is 0.0800. The highest BCUT2D eigenvalue weighted by atomic mass is 16.6. The minimum absolute atomic E-state index is 0.00575. The number of pyridine rings is 1. The summed E-state index contributed by atoms with van der Waals surface area (Å²) in [5.74, 6) is -1.73. The standard InChI is InChI=1S/C25H19N5O7/c1-14(31)20-8-2-15(13-26-20)3-9-22(32)27-18-6-4-16(5-7-18)25-28-24-17(11-23(33)34)10-19(30(36)37)12-21(24)29(25)35/h2-10,12-13,35H,11H2,1H3,(H,27,32)(H,33,34)/b9-3+. The largest absolute Gasteiger partial charge is 0.481 e. The van der Waals surface area contributed by atoms with Gasteiger partial charge in [-0.15, -0.1) is 0 Å². The summed E-state index contributed by atoms with van der Waals surface area (Å²) in [7, 11) is 0. The lowest BCUT2D eigenvalue weighted by Crippen LogP contribution is -2.07. The van der Waals surface area contributed by atoms with E-state index in [0.717, 1.165) is 12.1 Å². The number of carbonyl (C=O) groups excluding carboxylic acids is 2. The van der Waals surface area contributed by atoms with E-state index < -0.39 is 23.2 Å². The summed E-state index contributed by atoms with van der Waals surface area (Å²) in [6.45, 7) is 1.41. The molecule has 4 rings (SSSR count). The van der Waals surface area contributed by atoms with Gasteiger partial charge in [0.25, 0.3) is 5.69 Å². The van der Waals surface area contributed by atoms with Gasteiger partial charge in [-0.1, -0.05) is 6.07 Å². The molecule has 1 amide bonds. The summed E-state index contributed by atoms with van der Waals surface area (Å²) in [4.78, 5) is 53.7. The highest BCUT2D eigenvalue weighted by Gasteiger charge is 2.21. The second-order valence-electron chi connectivity index (χ2n) is 7.98. The number of nitro benzene ring substituents is 1. The minimum atomic E-state index is -1.20. The molecule has 0 saturated carbocycles. The zero-order valence-corrected chi connectivity index (χ0v) is 19.3. The van der Waals surface area contributed by atoms with Crippen molar-refractivity contribution in [2.45, 2.75) is 13.3 Å². The Kier molecular flexibility index (Phi) is 6.73. The van der Waals surface area contributed by atoms with E-state index in [1.807, 2.05) is 0 Å². The number of rotatable bonds is 8. The van der Waals surface area contributed by atoms with Crippen LogP contribution in [0.3, 0.4) is 0 Å². The molecule has 12 nitrogen and oxygen atoms in total. The molecular formula is C25H19N5O7. The van der Waals surface area contributed by atoms with Gasteiger partial charge in [0.2, 0.25) is 5.91 Å². The van der Waals surface area contributed by atoms with Crippen molar-refractivity contribution < 1.29 is 29.6 Å². The fourth-order valence-corrected chi connectivity index (χ4v) is 3.58. The van der Waals surface area contributed by atoms with Gasteiger partial charge in [0.1, 0.15) is 11.2 Å². The van der Waals surface area contributed by atoms with Crippen LogP contribution in [-0.2, 0) is 16.0 Å². The number of non-ortho nitro benzene ring substituents is 1. The number of amides is 1. The van der Waals surface area contributed by atoms with Crippen molar-refractivity contribution in [3.05, 3.63) is 87.7 Å². The number of Topliss-reactive ketones (excluding diaryl/α,β-unsaturated/α-hetero) is 1. The lowest BCUT2D eigenvalue weighted by molar-refractivity contribution is -0.384. The number of benzene rings is 2. The third-order valence-electron chi connectivity index (χ3n) is 5.34. The van der Waals surface area contributed by atoms with Crippen molar-refractivity contribution >= 4 is 46.1 Å². The Morgan fingerprint density at radius 2 is 1.86 bits per heavy atom. The van der Waals surface area contributed by atoms with Crippen LogP contribution in [-0.4, -0.2) is 47.6 Å². The van der Waals surface area contributed by atoms with Gasteiger partial charge in [0.05, 0.1) is 16.9 Å². The monoisotopic (exact) mass is 501 g/mol. The van der Waals surface area contributed by atoms with E-state index in [9.17, 15) is 29.7 Å². The predicted molar refractivity (Wildman–Crippen MR) is 132 cm³/mol. The van der Waals surface area contributed by atoms with Crippen molar-refractivity contribution in [1.82, 2.24) is 14.7 Å². The summed E-state index contributed by atoms with van der Waals surface area (Å²) in [6, 6.07) is 11.8. The number of fused-ring (bicyclic) bond motifs is 1. The summed E-state index contributed by atoms with van der Waals surface area (Å²) in [6.07, 6.45) is 3.82. The maximum atomic E-state index is 12.3.